The van der Waals surface area contributed by atoms with E-state index < -0.39 is 0 Å². The summed E-state index contributed by atoms with van der Waals surface area (Å²) in [5.74, 6) is 0.802. The van der Waals surface area contributed by atoms with Crippen molar-refractivity contribution >= 4 is 25.7 Å². The molecule has 1 unspecified atom stereocenters. The summed E-state index contributed by atoms with van der Waals surface area (Å²) in [6.07, 6.45) is 3.81. The van der Waals surface area contributed by atoms with E-state index in [1.54, 1.807) is 13.1 Å². The summed E-state index contributed by atoms with van der Waals surface area (Å²) in [6.45, 7) is 4.31. The Morgan fingerprint density at radius 1 is 1.28 bits per heavy atom. The molecule has 0 radical (unpaired) electrons. The Morgan fingerprint density at radius 3 is 2.88 bits per heavy atom. The molecule has 6 nitrogen and oxygen atoms in total. The maximum Gasteiger partial charge on any atom is 0.251 e. The van der Waals surface area contributed by atoms with Gasteiger partial charge in [-0.2, -0.15) is 0 Å². The van der Waals surface area contributed by atoms with Crippen LogP contribution in [0.3, 0.4) is 0 Å². The Labute approximate surface area is 147 Å². The van der Waals surface area contributed by atoms with Crippen molar-refractivity contribution in [2.75, 3.05) is 13.1 Å². The molecule has 128 valence electrons. The fraction of sp³-hybridized carbons (Fsp3) is 0.278. The number of H-pyrrole nitrogens is 1. The van der Waals surface area contributed by atoms with Crippen LogP contribution in [-0.2, 0) is 6.54 Å². The molecule has 4 rings (SSSR count). The third kappa shape index (κ3) is 3.55. The van der Waals surface area contributed by atoms with Crippen molar-refractivity contribution in [3.05, 3.63) is 58.1 Å². The molecule has 25 heavy (non-hydrogen) atoms. The molecule has 1 fully saturated rings. The summed E-state index contributed by atoms with van der Waals surface area (Å²) in [5, 5.41) is 0. The van der Waals surface area contributed by atoms with Crippen LogP contribution in [0, 0.1) is 6.92 Å². The molecule has 7 heteroatoms. The number of nitrogens with zero attached hydrogens (tertiary/aromatic N) is 3. The average Bonchev–Trinajstić information content (AvgIpc) is 2.56. The lowest BCUT2D eigenvalue weighted by Gasteiger charge is -2.38. The van der Waals surface area contributed by atoms with Crippen LogP contribution in [0.1, 0.15) is 11.1 Å². The van der Waals surface area contributed by atoms with E-state index in [1.165, 1.54) is 0 Å². The van der Waals surface area contributed by atoms with E-state index in [0.29, 0.717) is 5.56 Å². The second kappa shape index (κ2) is 6.54. The van der Waals surface area contributed by atoms with E-state index in [4.69, 9.17) is 4.74 Å². The highest BCUT2D eigenvalue weighted by Crippen LogP contribution is 2.20. The van der Waals surface area contributed by atoms with Gasteiger partial charge in [-0.3, -0.25) is 19.7 Å². The third-order valence-electron chi connectivity index (χ3n) is 4.33. The number of aromatic nitrogens is 3. The van der Waals surface area contributed by atoms with Gasteiger partial charge in [0.2, 0.25) is 0 Å². The van der Waals surface area contributed by atoms with Crippen LogP contribution < -0.4 is 15.7 Å². The standard InChI is InChI=1S/C18H19N4O2P/c1-11-4-15-16(21-18(11)23)5-12(6-19-15)8-22-9-14(10-22)24-13-2-3-17(25)20-7-13/h2-7,14H,8-10,25H2,1H3,(H,21,23). The van der Waals surface area contributed by atoms with E-state index >= 15 is 0 Å². The molecule has 0 aliphatic carbocycles. The second-order valence-electron chi connectivity index (χ2n) is 6.41. The Balaban J connectivity index is 1.37. The normalized spacial score (nSPS) is 15.3. The predicted molar refractivity (Wildman–Crippen MR) is 100 cm³/mol. The van der Waals surface area contributed by atoms with Crippen LogP contribution >= 0.6 is 9.24 Å². The van der Waals surface area contributed by atoms with Crippen LogP contribution in [0.2, 0.25) is 0 Å². The maximum atomic E-state index is 11.8. The number of fused-ring (bicyclic) bond motifs is 1. The summed E-state index contributed by atoms with van der Waals surface area (Å²) in [6, 6.07) is 7.67. The van der Waals surface area contributed by atoms with Crippen LogP contribution in [0.5, 0.6) is 5.75 Å². The zero-order chi connectivity index (χ0) is 17.4. The first-order chi connectivity index (χ1) is 12.1. The number of ether oxygens (including phenoxy) is 1. The lowest BCUT2D eigenvalue weighted by atomic mass is 10.1. The molecule has 0 saturated carbocycles. The van der Waals surface area contributed by atoms with Gasteiger partial charge in [-0.05, 0) is 36.8 Å². The third-order valence-corrected chi connectivity index (χ3v) is 4.67. The van der Waals surface area contributed by atoms with Crippen molar-refractivity contribution < 1.29 is 4.74 Å². The topological polar surface area (TPSA) is 71.1 Å². The Kier molecular flexibility index (Phi) is 4.24. The zero-order valence-corrected chi connectivity index (χ0v) is 15.1. The number of hydrogen-bond donors (Lipinski definition) is 1. The number of nitrogens with one attached hydrogen (secondary N) is 1. The zero-order valence-electron chi connectivity index (χ0n) is 13.9. The van der Waals surface area contributed by atoms with Crippen molar-refractivity contribution in [1.29, 1.82) is 0 Å². The molecular weight excluding hydrogens is 335 g/mol. The minimum atomic E-state index is -0.0611. The van der Waals surface area contributed by atoms with Crippen LogP contribution in [0.4, 0.5) is 0 Å². The Morgan fingerprint density at radius 2 is 2.12 bits per heavy atom. The van der Waals surface area contributed by atoms with Crippen LogP contribution in [-0.4, -0.2) is 39.0 Å². The lowest BCUT2D eigenvalue weighted by Crippen LogP contribution is -2.53. The fourth-order valence-electron chi connectivity index (χ4n) is 2.95. The largest absolute Gasteiger partial charge is 0.486 e. The van der Waals surface area contributed by atoms with Gasteiger partial charge in [-0.25, -0.2) is 0 Å². The van der Waals surface area contributed by atoms with Gasteiger partial charge in [-0.15, -0.1) is 0 Å². The van der Waals surface area contributed by atoms with Gasteiger partial charge in [0.05, 0.1) is 22.7 Å². The van der Waals surface area contributed by atoms with Gasteiger partial charge < -0.3 is 9.72 Å². The van der Waals surface area contributed by atoms with Crippen LogP contribution in [0.15, 0.2) is 41.5 Å². The van der Waals surface area contributed by atoms with Gasteiger partial charge in [0.25, 0.3) is 5.56 Å². The van der Waals surface area contributed by atoms with Gasteiger partial charge in [0.15, 0.2) is 0 Å². The number of aryl methyl sites for hydroxylation is 1. The molecule has 0 amide bonds. The fourth-order valence-corrected chi connectivity index (χ4v) is 3.12. The van der Waals surface area contributed by atoms with E-state index in [-0.39, 0.29) is 11.7 Å². The summed E-state index contributed by atoms with van der Waals surface area (Å²) >= 11 is 0. The van der Waals surface area contributed by atoms with E-state index in [2.05, 4.69) is 29.1 Å². The Hall–Kier alpha value is -2.30. The average molecular weight is 354 g/mol. The number of pyridine rings is 3. The number of aromatic amines is 1. The molecule has 3 aromatic heterocycles. The second-order valence-corrected chi connectivity index (χ2v) is 7.00. The first kappa shape index (κ1) is 16.2. The van der Waals surface area contributed by atoms with Gasteiger partial charge in [0.1, 0.15) is 11.9 Å². The highest BCUT2D eigenvalue weighted by atomic mass is 31.0. The highest BCUT2D eigenvalue weighted by molar-refractivity contribution is 7.26. The van der Waals surface area contributed by atoms with Gasteiger partial charge >= 0.3 is 0 Å². The molecule has 4 heterocycles. The van der Waals surface area contributed by atoms with E-state index in [9.17, 15) is 4.79 Å². The number of rotatable bonds is 4. The maximum absolute atomic E-state index is 11.8. The van der Waals surface area contributed by atoms with Crippen molar-refractivity contribution in [1.82, 2.24) is 19.9 Å². The molecule has 1 saturated heterocycles. The van der Waals surface area contributed by atoms with Crippen LogP contribution in [0.25, 0.3) is 11.0 Å². The van der Waals surface area contributed by atoms with Gasteiger partial charge in [-0.1, -0.05) is 9.24 Å². The molecular formula is C18H19N4O2P. The van der Waals surface area contributed by atoms with Crippen molar-refractivity contribution in [2.45, 2.75) is 19.6 Å². The highest BCUT2D eigenvalue weighted by Gasteiger charge is 2.28. The minimum Gasteiger partial charge on any atom is -0.486 e. The quantitative estimate of drug-likeness (QED) is 0.717. The monoisotopic (exact) mass is 354 g/mol. The van der Waals surface area contributed by atoms with Crippen molar-refractivity contribution in [3.8, 4) is 5.75 Å². The van der Waals surface area contributed by atoms with Crippen molar-refractivity contribution in [2.24, 2.45) is 0 Å². The molecule has 3 aromatic rings. The molecule has 1 N–H and O–H groups in total. The summed E-state index contributed by atoms with van der Waals surface area (Å²) in [7, 11) is 2.56. The van der Waals surface area contributed by atoms with Crippen molar-refractivity contribution in [3.63, 3.8) is 0 Å². The number of hydrogen-bond acceptors (Lipinski definition) is 5. The molecule has 1 aliphatic heterocycles. The van der Waals surface area contributed by atoms with Gasteiger partial charge in [0, 0.05) is 31.4 Å². The Bertz CT molecular complexity index is 965. The molecule has 0 spiro atoms. The first-order valence-electron chi connectivity index (χ1n) is 8.16. The van der Waals surface area contributed by atoms with E-state index in [1.807, 2.05) is 30.5 Å². The molecule has 0 aromatic carbocycles. The van der Waals surface area contributed by atoms with E-state index in [0.717, 1.165) is 47.4 Å². The summed E-state index contributed by atoms with van der Waals surface area (Å²) < 4.78 is 5.90. The SMILES string of the molecule is Cc1cc2ncc(CN3CC(Oc4ccc(P)nc4)C3)cc2[nH]c1=O. The predicted octanol–water partition coefficient (Wildman–Crippen LogP) is 1.39. The lowest BCUT2D eigenvalue weighted by molar-refractivity contribution is 0.0143. The smallest absolute Gasteiger partial charge is 0.251 e. The summed E-state index contributed by atoms with van der Waals surface area (Å²) in [5.41, 5.74) is 4.20. The molecule has 1 aliphatic rings. The molecule has 1 atom stereocenters. The number of likely N-dealkylation sites (tertiary alicyclic amines) is 1. The first-order valence-corrected chi connectivity index (χ1v) is 8.74. The molecule has 0 bridgehead atoms. The summed E-state index contributed by atoms with van der Waals surface area (Å²) in [4.78, 5) is 25.6. The minimum absolute atomic E-state index is 0.0611.